The molecule has 0 spiro atoms. The standard InChI is InChI=1S/C19H18N2OS/c1-2-8-15(9-3-1)19-21-20-18(22-19)13-23-17-12-6-10-14-7-4-5-11-16(14)17/h1-5,7-9,11,17H,6,10,12-13H2. The summed E-state index contributed by atoms with van der Waals surface area (Å²) >= 11 is 1.91. The van der Waals surface area contributed by atoms with E-state index in [4.69, 9.17) is 4.42 Å². The molecule has 3 aromatic rings. The topological polar surface area (TPSA) is 38.9 Å². The van der Waals surface area contributed by atoms with Crippen molar-refractivity contribution in [1.29, 1.82) is 0 Å². The molecule has 1 unspecified atom stereocenters. The van der Waals surface area contributed by atoms with E-state index in [2.05, 4.69) is 34.5 Å². The number of hydrogen-bond donors (Lipinski definition) is 0. The van der Waals surface area contributed by atoms with Crippen molar-refractivity contribution in [1.82, 2.24) is 10.2 Å². The summed E-state index contributed by atoms with van der Waals surface area (Å²) in [6.07, 6.45) is 3.68. The van der Waals surface area contributed by atoms with Crippen LogP contribution in [0, 0.1) is 0 Å². The van der Waals surface area contributed by atoms with Gasteiger partial charge in [0.05, 0.1) is 5.75 Å². The SMILES string of the molecule is c1ccc(-c2nnc(CSC3CCCc4ccccc43)o2)cc1. The van der Waals surface area contributed by atoms with Crippen molar-refractivity contribution in [2.45, 2.75) is 30.3 Å². The molecule has 1 heterocycles. The van der Waals surface area contributed by atoms with Crippen LogP contribution in [-0.2, 0) is 12.2 Å². The number of hydrogen-bond acceptors (Lipinski definition) is 4. The van der Waals surface area contributed by atoms with Crippen molar-refractivity contribution in [3.05, 3.63) is 71.6 Å². The maximum Gasteiger partial charge on any atom is 0.247 e. The molecule has 4 heteroatoms. The fraction of sp³-hybridized carbons (Fsp3) is 0.263. The first-order valence-electron chi connectivity index (χ1n) is 7.97. The molecule has 116 valence electrons. The van der Waals surface area contributed by atoms with Crippen LogP contribution in [0.3, 0.4) is 0 Å². The Kier molecular flexibility index (Phi) is 4.16. The largest absolute Gasteiger partial charge is 0.420 e. The van der Waals surface area contributed by atoms with Gasteiger partial charge in [0.15, 0.2) is 0 Å². The van der Waals surface area contributed by atoms with E-state index < -0.39 is 0 Å². The second kappa shape index (κ2) is 6.59. The van der Waals surface area contributed by atoms with Gasteiger partial charge in [0.25, 0.3) is 0 Å². The number of fused-ring (bicyclic) bond motifs is 1. The molecule has 0 radical (unpaired) electrons. The normalized spacial score (nSPS) is 17.0. The third kappa shape index (κ3) is 3.17. The third-order valence-corrected chi connectivity index (χ3v) is 5.52. The highest BCUT2D eigenvalue weighted by atomic mass is 32.2. The Morgan fingerprint density at radius 3 is 2.74 bits per heavy atom. The highest BCUT2D eigenvalue weighted by Crippen LogP contribution is 2.40. The molecule has 1 aromatic heterocycles. The van der Waals surface area contributed by atoms with Gasteiger partial charge in [0, 0.05) is 10.8 Å². The quantitative estimate of drug-likeness (QED) is 0.674. The second-order valence-electron chi connectivity index (χ2n) is 5.76. The predicted octanol–water partition coefficient (Wildman–Crippen LogP) is 5.05. The fourth-order valence-corrected chi connectivity index (χ4v) is 4.27. The summed E-state index contributed by atoms with van der Waals surface area (Å²) < 4.78 is 5.81. The van der Waals surface area contributed by atoms with E-state index in [9.17, 15) is 0 Å². The zero-order valence-corrected chi connectivity index (χ0v) is 13.6. The highest BCUT2D eigenvalue weighted by molar-refractivity contribution is 7.98. The first-order chi connectivity index (χ1) is 11.4. The van der Waals surface area contributed by atoms with Crippen LogP contribution >= 0.6 is 11.8 Å². The number of aromatic nitrogens is 2. The van der Waals surface area contributed by atoms with Crippen molar-refractivity contribution >= 4 is 11.8 Å². The molecular weight excluding hydrogens is 304 g/mol. The van der Waals surface area contributed by atoms with Crippen molar-refractivity contribution in [2.75, 3.05) is 0 Å². The smallest absolute Gasteiger partial charge is 0.247 e. The molecule has 0 saturated carbocycles. The maximum atomic E-state index is 5.81. The van der Waals surface area contributed by atoms with Gasteiger partial charge in [0.2, 0.25) is 11.8 Å². The third-order valence-electron chi connectivity index (χ3n) is 4.21. The molecule has 1 aliphatic carbocycles. The Labute approximate surface area is 140 Å². The van der Waals surface area contributed by atoms with E-state index in [0.29, 0.717) is 17.0 Å². The molecule has 0 fully saturated rings. The molecule has 1 atom stereocenters. The Morgan fingerprint density at radius 1 is 1.00 bits per heavy atom. The van der Waals surface area contributed by atoms with Gasteiger partial charge in [-0.3, -0.25) is 0 Å². The van der Waals surface area contributed by atoms with E-state index in [1.54, 1.807) is 0 Å². The number of nitrogens with zero attached hydrogens (tertiary/aromatic N) is 2. The summed E-state index contributed by atoms with van der Waals surface area (Å²) in [7, 11) is 0. The lowest BCUT2D eigenvalue weighted by molar-refractivity contribution is 0.528. The fourth-order valence-electron chi connectivity index (χ4n) is 3.06. The Morgan fingerprint density at radius 2 is 1.83 bits per heavy atom. The highest BCUT2D eigenvalue weighted by Gasteiger charge is 2.21. The van der Waals surface area contributed by atoms with Crippen molar-refractivity contribution in [2.24, 2.45) is 0 Å². The Hall–Kier alpha value is -2.07. The molecule has 0 amide bonds. The summed E-state index contributed by atoms with van der Waals surface area (Å²) in [5.74, 6) is 2.07. The van der Waals surface area contributed by atoms with E-state index in [1.807, 2.05) is 42.1 Å². The predicted molar refractivity (Wildman–Crippen MR) is 93.2 cm³/mol. The van der Waals surface area contributed by atoms with E-state index in [1.165, 1.54) is 30.4 Å². The lowest BCUT2D eigenvalue weighted by atomic mass is 9.91. The van der Waals surface area contributed by atoms with Crippen LogP contribution in [0.2, 0.25) is 0 Å². The Balaban J connectivity index is 1.45. The van der Waals surface area contributed by atoms with Gasteiger partial charge in [-0.2, -0.15) is 0 Å². The summed E-state index contributed by atoms with van der Waals surface area (Å²) in [5.41, 5.74) is 3.94. The van der Waals surface area contributed by atoms with Crippen LogP contribution in [0.1, 0.15) is 35.1 Å². The molecule has 3 nitrogen and oxygen atoms in total. The maximum absolute atomic E-state index is 5.81. The van der Waals surface area contributed by atoms with Crippen molar-refractivity contribution in [3.63, 3.8) is 0 Å². The minimum atomic E-state index is 0.534. The zero-order chi connectivity index (χ0) is 15.5. The van der Waals surface area contributed by atoms with Gasteiger partial charge in [0.1, 0.15) is 0 Å². The van der Waals surface area contributed by atoms with Gasteiger partial charge in [-0.05, 0) is 42.5 Å². The van der Waals surface area contributed by atoms with Crippen LogP contribution in [0.5, 0.6) is 0 Å². The molecule has 2 aromatic carbocycles. The molecule has 0 saturated heterocycles. The summed E-state index contributed by atoms with van der Waals surface area (Å²) in [5, 5.41) is 8.89. The van der Waals surface area contributed by atoms with Crippen LogP contribution in [-0.4, -0.2) is 10.2 Å². The van der Waals surface area contributed by atoms with Gasteiger partial charge in [-0.1, -0.05) is 42.5 Å². The average molecular weight is 322 g/mol. The van der Waals surface area contributed by atoms with Crippen LogP contribution in [0.15, 0.2) is 59.0 Å². The second-order valence-corrected chi connectivity index (χ2v) is 6.95. The van der Waals surface area contributed by atoms with Crippen LogP contribution in [0.4, 0.5) is 0 Å². The number of rotatable bonds is 4. The minimum absolute atomic E-state index is 0.534. The molecule has 0 aliphatic heterocycles. The Bertz CT molecular complexity index is 785. The zero-order valence-electron chi connectivity index (χ0n) is 12.8. The number of benzene rings is 2. The van der Waals surface area contributed by atoms with Gasteiger partial charge < -0.3 is 4.42 Å². The monoisotopic (exact) mass is 322 g/mol. The van der Waals surface area contributed by atoms with Crippen molar-refractivity contribution < 1.29 is 4.42 Å². The molecule has 23 heavy (non-hydrogen) atoms. The first kappa shape index (κ1) is 14.5. The summed E-state index contributed by atoms with van der Waals surface area (Å²) in [6, 6.07) is 18.7. The summed E-state index contributed by atoms with van der Waals surface area (Å²) in [6.45, 7) is 0. The molecule has 0 bridgehead atoms. The minimum Gasteiger partial charge on any atom is -0.420 e. The van der Waals surface area contributed by atoms with E-state index >= 15 is 0 Å². The van der Waals surface area contributed by atoms with Gasteiger partial charge >= 0.3 is 0 Å². The van der Waals surface area contributed by atoms with Crippen LogP contribution in [0.25, 0.3) is 11.5 Å². The van der Waals surface area contributed by atoms with Gasteiger partial charge in [-0.15, -0.1) is 22.0 Å². The molecular formula is C19H18N2OS. The molecule has 0 N–H and O–H groups in total. The van der Waals surface area contributed by atoms with E-state index in [0.717, 1.165) is 11.3 Å². The lowest BCUT2D eigenvalue weighted by Gasteiger charge is -2.24. The number of aryl methyl sites for hydroxylation is 1. The van der Waals surface area contributed by atoms with Gasteiger partial charge in [-0.25, -0.2) is 0 Å². The van der Waals surface area contributed by atoms with E-state index in [-0.39, 0.29) is 0 Å². The number of thioether (sulfide) groups is 1. The van der Waals surface area contributed by atoms with Crippen LogP contribution < -0.4 is 0 Å². The van der Waals surface area contributed by atoms with Crippen molar-refractivity contribution in [3.8, 4) is 11.5 Å². The lowest BCUT2D eigenvalue weighted by Crippen LogP contribution is -2.07. The average Bonchev–Trinajstić information content (AvgIpc) is 3.10. The summed E-state index contributed by atoms with van der Waals surface area (Å²) in [4.78, 5) is 0. The first-order valence-corrected chi connectivity index (χ1v) is 9.02. The molecule has 4 rings (SSSR count). The molecule has 1 aliphatic rings.